The first-order chi connectivity index (χ1) is 5.40. The molecule has 50 valence electrons. The number of hydrogen-bond acceptors (Lipinski definition) is 2. The molecular weight excluding hydrogens is 137 g/mol. The molecule has 0 saturated carbocycles. The molecule has 0 N–H and O–H groups in total. The molecule has 0 fully saturated rings. The van der Waals surface area contributed by atoms with Crippen LogP contribution < -0.4 is 0 Å². The van der Waals surface area contributed by atoms with Crippen molar-refractivity contribution >= 4 is 18.1 Å². The summed E-state index contributed by atoms with van der Waals surface area (Å²) in [4.78, 5) is 0. The Morgan fingerprint density at radius 1 is 1.45 bits per heavy atom. The van der Waals surface area contributed by atoms with E-state index in [2.05, 4.69) is 6.07 Å². The van der Waals surface area contributed by atoms with E-state index in [1.54, 1.807) is 25.3 Å². The van der Waals surface area contributed by atoms with Crippen molar-refractivity contribution in [1.82, 2.24) is 0 Å². The van der Waals surface area contributed by atoms with Crippen molar-refractivity contribution in [2.45, 2.75) is 0 Å². The fourth-order valence-electron chi connectivity index (χ4n) is 1.04. The van der Waals surface area contributed by atoms with Crippen LogP contribution in [0.25, 0.3) is 11.0 Å². The molecular formula is C8H4BNO. The summed E-state index contributed by atoms with van der Waals surface area (Å²) in [5, 5.41) is 9.53. The first-order valence-corrected chi connectivity index (χ1v) is 3.27. The fourth-order valence-corrected chi connectivity index (χ4v) is 1.04. The van der Waals surface area contributed by atoms with Crippen molar-refractivity contribution in [3.63, 3.8) is 0 Å². The van der Waals surface area contributed by atoms with Crippen LogP contribution in [-0.4, -0.2) is 7.13 Å². The topological polar surface area (TPSA) is 36.9 Å². The Morgan fingerprint density at radius 3 is 3.18 bits per heavy atom. The van der Waals surface area contributed by atoms with Crippen LogP contribution in [0, 0.1) is 11.3 Å². The number of nitrogens with zero attached hydrogens (tertiary/aromatic N) is 1. The molecule has 3 heteroatoms. The van der Waals surface area contributed by atoms with Gasteiger partial charge in [0.05, 0.1) is 0 Å². The Morgan fingerprint density at radius 2 is 2.36 bits per heavy atom. The van der Waals surface area contributed by atoms with E-state index in [1.807, 2.05) is 5.96 Å². The zero-order valence-corrected chi connectivity index (χ0v) is 5.74. The van der Waals surface area contributed by atoms with Crippen molar-refractivity contribution in [3.05, 3.63) is 29.7 Å². The second-order valence-corrected chi connectivity index (χ2v) is 2.29. The predicted octanol–water partition coefficient (Wildman–Crippen LogP) is 1.64. The van der Waals surface area contributed by atoms with Crippen LogP contribution in [0.1, 0.15) is 5.56 Å². The van der Waals surface area contributed by atoms with E-state index in [0.717, 1.165) is 11.0 Å². The third kappa shape index (κ3) is 0.928. The Kier molecular flexibility index (Phi) is 1.26. The second-order valence-electron chi connectivity index (χ2n) is 2.29. The van der Waals surface area contributed by atoms with E-state index in [-0.39, 0.29) is 0 Å². The number of benzene rings is 1. The molecule has 2 nitrogen and oxygen atoms in total. The summed E-state index contributed by atoms with van der Waals surface area (Å²) in [6.45, 7) is 0. The maximum absolute atomic E-state index is 8.55. The molecule has 1 heterocycles. The molecule has 0 atom stereocenters. The summed E-state index contributed by atoms with van der Waals surface area (Å²) in [5.74, 6) is 1.84. The van der Waals surface area contributed by atoms with E-state index in [1.165, 1.54) is 0 Å². The van der Waals surface area contributed by atoms with Gasteiger partial charge in [0.15, 0.2) is 0 Å². The van der Waals surface area contributed by atoms with Crippen molar-refractivity contribution in [2.75, 3.05) is 0 Å². The van der Waals surface area contributed by atoms with Crippen molar-refractivity contribution in [3.8, 4) is 6.07 Å². The van der Waals surface area contributed by atoms with Crippen molar-refractivity contribution in [2.24, 2.45) is 0 Å². The van der Waals surface area contributed by atoms with Gasteiger partial charge in [-0.1, -0.05) is 0 Å². The normalized spacial score (nSPS) is 9.36. The van der Waals surface area contributed by atoms with Gasteiger partial charge in [0, 0.05) is 0 Å². The van der Waals surface area contributed by atoms with Crippen LogP contribution in [0.4, 0.5) is 0 Å². The molecule has 2 rings (SSSR count). The van der Waals surface area contributed by atoms with Gasteiger partial charge in [0.25, 0.3) is 0 Å². The Bertz CT molecular complexity index is 427. The van der Waals surface area contributed by atoms with Crippen LogP contribution in [-0.2, 0) is 0 Å². The molecule has 1 aromatic carbocycles. The SMILES string of the molecule is N#Cc1ccc2obcc2c1. The zero-order chi connectivity index (χ0) is 7.68. The van der Waals surface area contributed by atoms with Gasteiger partial charge in [0.2, 0.25) is 0 Å². The fraction of sp³-hybridized carbons (Fsp3) is 0. The Balaban J connectivity index is 2.79. The number of hydrogen-bond donors (Lipinski definition) is 0. The van der Waals surface area contributed by atoms with Crippen LogP contribution in [0.3, 0.4) is 0 Å². The van der Waals surface area contributed by atoms with E-state index in [0.29, 0.717) is 5.56 Å². The van der Waals surface area contributed by atoms with Crippen LogP contribution in [0.5, 0.6) is 0 Å². The molecule has 11 heavy (non-hydrogen) atoms. The monoisotopic (exact) mass is 141 g/mol. The number of nitriles is 1. The minimum atomic E-state index is 0.666. The second kappa shape index (κ2) is 2.24. The summed E-state index contributed by atoms with van der Waals surface area (Å²) in [7, 11) is 1.62. The number of rotatable bonds is 0. The van der Waals surface area contributed by atoms with Gasteiger partial charge in [-0.3, -0.25) is 0 Å². The molecule has 0 radical (unpaired) electrons. The molecule has 1 aromatic heterocycles. The first-order valence-electron chi connectivity index (χ1n) is 3.27. The predicted molar refractivity (Wildman–Crippen MR) is 42.3 cm³/mol. The quantitative estimate of drug-likeness (QED) is 0.559. The summed E-state index contributed by atoms with van der Waals surface area (Å²) in [6.07, 6.45) is 0. The van der Waals surface area contributed by atoms with Crippen LogP contribution >= 0.6 is 0 Å². The third-order valence-corrected chi connectivity index (χ3v) is 1.58. The van der Waals surface area contributed by atoms with Crippen molar-refractivity contribution < 1.29 is 4.33 Å². The average Bonchev–Trinajstić information content (AvgIpc) is 2.50. The molecule has 0 amide bonds. The van der Waals surface area contributed by atoms with Gasteiger partial charge in [0.1, 0.15) is 0 Å². The van der Waals surface area contributed by atoms with E-state index in [9.17, 15) is 0 Å². The standard InChI is InChI=1S/C8H4BNO/c10-5-6-1-2-8-7(3-6)4-9-11-8/h1-4H. The van der Waals surface area contributed by atoms with Gasteiger partial charge in [-0.15, -0.1) is 0 Å². The van der Waals surface area contributed by atoms with E-state index >= 15 is 0 Å². The molecule has 0 aliphatic heterocycles. The van der Waals surface area contributed by atoms with E-state index < -0.39 is 0 Å². The summed E-state index contributed by atoms with van der Waals surface area (Å²) >= 11 is 0. The molecule has 0 unspecified atom stereocenters. The molecule has 0 saturated heterocycles. The maximum atomic E-state index is 8.55. The van der Waals surface area contributed by atoms with Gasteiger partial charge in [-0.05, 0) is 0 Å². The molecule has 0 spiro atoms. The van der Waals surface area contributed by atoms with E-state index in [4.69, 9.17) is 9.59 Å². The van der Waals surface area contributed by atoms with Gasteiger partial charge < -0.3 is 0 Å². The Hall–Kier alpha value is -1.56. The summed E-state index contributed by atoms with van der Waals surface area (Å²) < 4.78 is 5.11. The van der Waals surface area contributed by atoms with Gasteiger partial charge >= 0.3 is 63.5 Å². The van der Waals surface area contributed by atoms with Crippen molar-refractivity contribution in [1.29, 1.82) is 5.26 Å². The number of fused-ring (bicyclic) bond motifs is 1. The van der Waals surface area contributed by atoms with Gasteiger partial charge in [-0.2, -0.15) is 0 Å². The summed E-state index contributed by atoms with van der Waals surface area (Å²) in [5.41, 5.74) is 1.49. The van der Waals surface area contributed by atoms with Gasteiger partial charge in [-0.25, -0.2) is 0 Å². The third-order valence-electron chi connectivity index (χ3n) is 1.58. The molecule has 2 aromatic rings. The zero-order valence-electron chi connectivity index (χ0n) is 5.74. The average molecular weight is 141 g/mol. The minimum absolute atomic E-state index is 0.666. The van der Waals surface area contributed by atoms with Crippen LogP contribution in [0.2, 0.25) is 0 Å². The first kappa shape index (κ1) is 6.17. The molecule has 0 aliphatic carbocycles. The Labute approximate surface area is 64.3 Å². The summed E-state index contributed by atoms with van der Waals surface area (Å²) in [6, 6.07) is 7.41. The molecule has 0 aliphatic rings. The molecule has 0 bridgehead atoms. The van der Waals surface area contributed by atoms with Crippen LogP contribution in [0.15, 0.2) is 28.5 Å².